The molecule has 0 aromatic carbocycles. The number of aliphatic hydroxyl groups excluding tert-OH is 4. The number of cyclic esters (lactones) is 1. The summed E-state index contributed by atoms with van der Waals surface area (Å²) < 4.78 is 17.0. The molecule has 250 valence electrons. The van der Waals surface area contributed by atoms with Crippen molar-refractivity contribution in [2.45, 2.75) is 105 Å². The number of ether oxygens (including phenoxy) is 3. The van der Waals surface area contributed by atoms with Gasteiger partial charge in [0.15, 0.2) is 0 Å². The fourth-order valence-electron chi connectivity index (χ4n) is 5.38. The summed E-state index contributed by atoms with van der Waals surface area (Å²) in [7, 11) is 2.79. The Labute approximate surface area is 264 Å². The van der Waals surface area contributed by atoms with Crippen molar-refractivity contribution < 1.29 is 44.2 Å². The summed E-state index contributed by atoms with van der Waals surface area (Å²) in [5, 5.41) is 43.4. The highest BCUT2D eigenvalue weighted by Crippen LogP contribution is 2.28. The van der Waals surface area contributed by atoms with Crippen LogP contribution in [-0.2, 0) is 23.8 Å². The number of ketones is 1. The lowest BCUT2D eigenvalue weighted by Crippen LogP contribution is -2.45. The normalized spacial score (nSPS) is 33.4. The number of aliphatic hydroxyl groups is 4. The van der Waals surface area contributed by atoms with Crippen molar-refractivity contribution in [3.63, 3.8) is 0 Å². The first kappa shape index (κ1) is 39.5. The van der Waals surface area contributed by atoms with Gasteiger partial charge in [0, 0.05) is 37.2 Å². The van der Waals surface area contributed by atoms with E-state index in [4.69, 9.17) is 14.2 Å². The number of hydrogen-bond acceptors (Lipinski definition) is 9. The molecule has 1 rings (SSSR count). The maximum absolute atomic E-state index is 13.4. The van der Waals surface area contributed by atoms with Gasteiger partial charge in [0.05, 0.1) is 31.5 Å². The molecule has 0 saturated carbocycles. The lowest BCUT2D eigenvalue weighted by molar-refractivity contribution is -0.162. The molecule has 44 heavy (non-hydrogen) atoms. The topological polar surface area (TPSA) is 143 Å². The summed E-state index contributed by atoms with van der Waals surface area (Å²) in [5.74, 6) is -3.46. The van der Waals surface area contributed by atoms with E-state index >= 15 is 0 Å². The van der Waals surface area contributed by atoms with Gasteiger partial charge in [0.1, 0.15) is 18.0 Å². The first-order valence-electron chi connectivity index (χ1n) is 15.4. The van der Waals surface area contributed by atoms with E-state index in [1.807, 2.05) is 20.8 Å². The van der Waals surface area contributed by atoms with Crippen LogP contribution in [0.1, 0.15) is 68.7 Å². The highest BCUT2D eigenvalue weighted by molar-refractivity contribution is 5.87. The van der Waals surface area contributed by atoms with Gasteiger partial charge in [-0.3, -0.25) is 4.79 Å². The van der Waals surface area contributed by atoms with Gasteiger partial charge in [0.25, 0.3) is 0 Å². The average molecular weight is 621 g/mol. The van der Waals surface area contributed by atoms with Crippen molar-refractivity contribution in [2.75, 3.05) is 14.2 Å². The molecule has 0 spiro atoms. The molecule has 9 heteroatoms. The van der Waals surface area contributed by atoms with Crippen LogP contribution in [0.4, 0.5) is 0 Å². The van der Waals surface area contributed by atoms with Crippen molar-refractivity contribution in [2.24, 2.45) is 29.6 Å². The fraction of sp³-hybridized carbons (Fsp3) is 0.657. The van der Waals surface area contributed by atoms with E-state index in [2.05, 4.69) is 0 Å². The Bertz CT molecular complexity index is 1100. The largest absolute Gasteiger partial charge is 0.490 e. The third-order valence-corrected chi connectivity index (χ3v) is 8.65. The standard InChI is InChI=1S/C35H56O9/c1-19(2)30(37)22(5)15-16-27(36)24(7)33(40)26(9)34-28(42-10)14-12-13-21(4)31(38)25(8)32(39)23(6)17-20(3)18-29(43-11)35(41)44-34/h12-15,17-19,23-26,28,30-34,37-40H,16H2,1-11H3/b14-12+,20-17+,21-13+,22-15+,29-18-/t23-,24-,25+,26+,28+,30-,31-,32-,33+,34-/m1/s1. The zero-order chi connectivity index (χ0) is 33.9. The molecule has 0 saturated heterocycles. The molecule has 0 bridgehead atoms. The van der Waals surface area contributed by atoms with Gasteiger partial charge in [0.2, 0.25) is 5.76 Å². The first-order chi connectivity index (χ1) is 20.5. The molecule has 1 heterocycles. The zero-order valence-corrected chi connectivity index (χ0v) is 28.4. The second kappa shape index (κ2) is 18.4. The van der Waals surface area contributed by atoms with Crippen LogP contribution < -0.4 is 0 Å². The number of rotatable bonds is 10. The van der Waals surface area contributed by atoms with Crippen LogP contribution in [0, 0.1) is 29.6 Å². The first-order valence-corrected chi connectivity index (χ1v) is 15.4. The van der Waals surface area contributed by atoms with Gasteiger partial charge in [-0.05, 0) is 43.9 Å². The molecule has 0 fully saturated rings. The highest BCUT2D eigenvalue weighted by atomic mass is 16.6. The van der Waals surface area contributed by atoms with Crippen LogP contribution in [0.15, 0.2) is 58.9 Å². The highest BCUT2D eigenvalue weighted by Gasteiger charge is 2.38. The van der Waals surface area contributed by atoms with Crippen molar-refractivity contribution in [3.05, 3.63) is 58.9 Å². The van der Waals surface area contributed by atoms with Crippen molar-refractivity contribution >= 4 is 11.8 Å². The Morgan fingerprint density at radius 1 is 1.09 bits per heavy atom. The predicted octanol–water partition coefficient (Wildman–Crippen LogP) is 4.46. The van der Waals surface area contributed by atoms with Crippen LogP contribution in [0.5, 0.6) is 0 Å². The van der Waals surface area contributed by atoms with E-state index in [1.54, 1.807) is 71.9 Å². The van der Waals surface area contributed by atoms with Gasteiger partial charge >= 0.3 is 5.97 Å². The van der Waals surface area contributed by atoms with Gasteiger partial charge in [-0.25, -0.2) is 4.79 Å². The molecule has 0 unspecified atom stereocenters. The van der Waals surface area contributed by atoms with E-state index in [-0.39, 0.29) is 29.8 Å². The minimum atomic E-state index is -1.19. The third-order valence-electron chi connectivity index (χ3n) is 8.65. The van der Waals surface area contributed by atoms with E-state index in [9.17, 15) is 30.0 Å². The summed E-state index contributed by atoms with van der Waals surface area (Å²) in [6, 6.07) is 0. The molecule has 1 aliphatic heterocycles. The number of methoxy groups -OCH3 is 2. The van der Waals surface area contributed by atoms with Gasteiger partial charge in [-0.2, -0.15) is 0 Å². The van der Waals surface area contributed by atoms with Crippen LogP contribution >= 0.6 is 0 Å². The Morgan fingerprint density at radius 3 is 2.25 bits per heavy atom. The Balaban J connectivity index is 3.51. The van der Waals surface area contributed by atoms with Gasteiger partial charge < -0.3 is 34.6 Å². The number of Topliss-reactive ketones (excluding diaryl/α,β-unsaturated/α-hetero) is 1. The number of allylic oxidation sites excluding steroid dienone is 5. The minimum Gasteiger partial charge on any atom is -0.490 e. The van der Waals surface area contributed by atoms with Crippen LogP contribution in [0.2, 0.25) is 0 Å². The summed E-state index contributed by atoms with van der Waals surface area (Å²) in [5.41, 5.74) is 1.95. The Kier molecular flexibility index (Phi) is 16.5. The smallest absolute Gasteiger partial charge is 0.373 e. The van der Waals surface area contributed by atoms with Gasteiger partial charge in [-0.15, -0.1) is 0 Å². The summed E-state index contributed by atoms with van der Waals surface area (Å²) >= 11 is 0. The number of hydrogen-bond donors (Lipinski definition) is 4. The van der Waals surface area contributed by atoms with E-state index in [1.165, 1.54) is 20.3 Å². The zero-order valence-electron chi connectivity index (χ0n) is 28.4. The van der Waals surface area contributed by atoms with Crippen LogP contribution in [0.3, 0.4) is 0 Å². The molecule has 0 aromatic heterocycles. The van der Waals surface area contributed by atoms with E-state index < -0.39 is 60.3 Å². The summed E-state index contributed by atoms with van der Waals surface area (Å²) in [6.45, 7) is 16.0. The predicted molar refractivity (Wildman–Crippen MR) is 171 cm³/mol. The van der Waals surface area contributed by atoms with Crippen molar-refractivity contribution in [1.82, 2.24) is 0 Å². The quantitative estimate of drug-likeness (QED) is 0.206. The number of carbonyl (C=O) groups is 2. The summed E-state index contributed by atoms with van der Waals surface area (Å²) in [6.07, 6.45) is 4.56. The Hall–Kier alpha value is -2.56. The lowest BCUT2D eigenvalue weighted by atomic mass is 9.83. The third kappa shape index (κ3) is 11.1. The lowest BCUT2D eigenvalue weighted by Gasteiger charge is -2.34. The fourth-order valence-corrected chi connectivity index (χ4v) is 5.38. The molecule has 0 amide bonds. The molecule has 1 aliphatic rings. The Morgan fingerprint density at radius 2 is 1.70 bits per heavy atom. The molecule has 0 aromatic rings. The SMILES string of the molecule is CO/C1=C\C(C)=C\[C@@H](C)[C@@H](O)[C@@H](C)[C@H](O)/C(C)=C/C=C/[C@H](OC)[C@@H]([C@@H](C)[C@@H](O)[C@H](C)C(=O)C/C=C(\C)[C@H](O)C(C)C)OC1=O. The molecular weight excluding hydrogens is 564 g/mol. The second-order valence-electron chi connectivity index (χ2n) is 12.6. The number of carbonyl (C=O) groups excluding carboxylic acids is 2. The monoisotopic (exact) mass is 620 g/mol. The van der Waals surface area contributed by atoms with Crippen LogP contribution in [0.25, 0.3) is 0 Å². The maximum atomic E-state index is 13.4. The molecule has 4 N–H and O–H groups in total. The summed E-state index contributed by atoms with van der Waals surface area (Å²) in [4.78, 5) is 26.5. The minimum absolute atomic E-state index is 0.00677. The van der Waals surface area contributed by atoms with Crippen molar-refractivity contribution in [1.29, 1.82) is 0 Å². The average Bonchev–Trinajstić information content (AvgIpc) is 2.99. The maximum Gasteiger partial charge on any atom is 0.373 e. The second-order valence-corrected chi connectivity index (χ2v) is 12.6. The molecular formula is C35H56O9. The van der Waals surface area contributed by atoms with Crippen molar-refractivity contribution in [3.8, 4) is 0 Å². The molecule has 10 atom stereocenters. The number of esters is 1. The molecule has 0 radical (unpaired) electrons. The van der Waals surface area contributed by atoms with E-state index in [0.29, 0.717) is 16.7 Å². The van der Waals surface area contributed by atoms with Crippen LogP contribution in [-0.4, -0.2) is 83.0 Å². The van der Waals surface area contributed by atoms with E-state index in [0.717, 1.165) is 0 Å². The van der Waals surface area contributed by atoms with Gasteiger partial charge in [-0.1, -0.05) is 77.5 Å². The molecule has 0 aliphatic carbocycles. The molecule has 9 nitrogen and oxygen atoms in total.